The molecule has 0 aliphatic rings. The van der Waals surface area contributed by atoms with E-state index in [2.05, 4.69) is 4.98 Å². The van der Waals surface area contributed by atoms with E-state index in [4.69, 9.17) is 4.74 Å². The Labute approximate surface area is 172 Å². The van der Waals surface area contributed by atoms with Crippen LogP contribution in [0.4, 0.5) is 4.39 Å². The van der Waals surface area contributed by atoms with Gasteiger partial charge in [-0.15, -0.1) is 11.3 Å². The molecular formula is C22H21FN2O3S. The Bertz CT molecular complexity index is 1000. The van der Waals surface area contributed by atoms with Crippen LogP contribution in [-0.4, -0.2) is 34.9 Å². The third-order valence-corrected chi connectivity index (χ3v) is 5.24. The molecule has 0 radical (unpaired) electrons. The third-order valence-electron chi connectivity index (χ3n) is 4.29. The molecule has 5 nitrogen and oxygen atoms in total. The lowest BCUT2D eigenvalue weighted by molar-refractivity contribution is -0.134. The number of halogens is 1. The van der Waals surface area contributed by atoms with E-state index < -0.39 is 5.97 Å². The fraction of sp³-hybridized carbons (Fsp3) is 0.227. The summed E-state index contributed by atoms with van der Waals surface area (Å²) in [6.07, 6.45) is 0. The van der Waals surface area contributed by atoms with Gasteiger partial charge in [-0.05, 0) is 31.5 Å². The lowest BCUT2D eigenvalue weighted by Crippen LogP contribution is -2.34. The van der Waals surface area contributed by atoms with Crippen LogP contribution in [0, 0.1) is 12.7 Å². The van der Waals surface area contributed by atoms with Crippen LogP contribution in [0.15, 0.2) is 54.6 Å². The number of hydrogen-bond acceptors (Lipinski definition) is 5. The number of likely N-dealkylation sites (N-methyl/N-ethyl adjacent to an activating group) is 1. The van der Waals surface area contributed by atoms with Crippen LogP contribution in [-0.2, 0) is 16.1 Å². The van der Waals surface area contributed by atoms with Crippen LogP contribution in [0.5, 0.6) is 0 Å². The molecular weight excluding hydrogens is 391 g/mol. The quantitative estimate of drug-likeness (QED) is 0.538. The maximum Gasteiger partial charge on any atom is 0.351 e. The molecule has 0 unspecified atom stereocenters. The maximum atomic E-state index is 13.4. The van der Waals surface area contributed by atoms with E-state index in [0.29, 0.717) is 22.7 Å². The van der Waals surface area contributed by atoms with Gasteiger partial charge in [0.25, 0.3) is 5.91 Å². The molecule has 0 atom stereocenters. The first kappa shape index (κ1) is 20.7. The molecule has 0 N–H and O–H groups in total. The second kappa shape index (κ2) is 9.43. The van der Waals surface area contributed by atoms with Gasteiger partial charge in [0.1, 0.15) is 10.7 Å². The van der Waals surface area contributed by atoms with Crippen molar-refractivity contribution in [3.8, 4) is 11.3 Å². The van der Waals surface area contributed by atoms with Crippen molar-refractivity contribution in [3.05, 3.63) is 75.9 Å². The summed E-state index contributed by atoms with van der Waals surface area (Å²) in [7, 11) is 0. The minimum atomic E-state index is -0.579. The summed E-state index contributed by atoms with van der Waals surface area (Å²) in [4.78, 5) is 31.4. The molecule has 1 amide bonds. The average Bonchev–Trinajstić information content (AvgIpc) is 3.12. The zero-order valence-electron chi connectivity index (χ0n) is 16.2. The summed E-state index contributed by atoms with van der Waals surface area (Å²) in [5.41, 5.74) is 2.05. The van der Waals surface area contributed by atoms with Crippen molar-refractivity contribution in [2.24, 2.45) is 0 Å². The molecule has 3 aromatic rings. The van der Waals surface area contributed by atoms with Crippen molar-refractivity contribution in [2.75, 3.05) is 13.2 Å². The number of hydrogen-bond donors (Lipinski definition) is 0. The van der Waals surface area contributed by atoms with Gasteiger partial charge in [-0.3, -0.25) is 4.79 Å². The summed E-state index contributed by atoms with van der Waals surface area (Å²) >= 11 is 1.24. The predicted molar refractivity (Wildman–Crippen MR) is 110 cm³/mol. The summed E-state index contributed by atoms with van der Waals surface area (Å²) in [6, 6.07) is 15.4. The number of thiazole rings is 1. The number of aromatic nitrogens is 1. The topological polar surface area (TPSA) is 59.5 Å². The lowest BCUT2D eigenvalue weighted by Gasteiger charge is -2.20. The largest absolute Gasteiger partial charge is 0.451 e. The molecule has 0 aliphatic carbocycles. The Morgan fingerprint density at radius 1 is 1.14 bits per heavy atom. The van der Waals surface area contributed by atoms with Gasteiger partial charge in [-0.2, -0.15) is 0 Å². The van der Waals surface area contributed by atoms with E-state index in [-0.39, 0.29) is 24.9 Å². The first-order valence-corrected chi connectivity index (χ1v) is 10.0. The van der Waals surface area contributed by atoms with Crippen molar-refractivity contribution in [1.82, 2.24) is 9.88 Å². The predicted octanol–water partition coefficient (Wildman–Crippen LogP) is 4.46. The molecule has 1 heterocycles. The highest BCUT2D eigenvalue weighted by atomic mass is 32.1. The Balaban J connectivity index is 1.66. The fourth-order valence-corrected chi connectivity index (χ4v) is 3.71. The highest BCUT2D eigenvalue weighted by Crippen LogP contribution is 2.28. The van der Waals surface area contributed by atoms with E-state index >= 15 is 0 Å². The maximum absolute atomic E-state index is 13.4. The minimum Gasteiger partial charge on any atom is -0.451 e. The molecule has 3 rings (SSSR count). The summed E-state index contributed by atoms with van der Waals surface area (Å²) in [5, 5.41) is 0.739. The van der Waals surface area contributed by atoms with Gasteiger partial charge in [-0.25, -0.2) is 14.2 Å². The van der Waals surface area contributed by atoms with E-state index in [9.17, 15) is 14.0 Å². The normalized spacial score (nSPS) is 10.6. The zero-order chi connectivity index (χ0) is 20.8. The lowest BCUT2D eigenvalue weighted by atomic mass is 10.1. The molecule has 150 valence electrons. The Morgan fingerprint density at radius 2 is 1.90 bits per heavy atom. The number of ether oxygens (including phenoxy) is 1. The number of carbonyl (C=O) groups excluding carboxylic acids is 2. The Hall–Kier alpha value is -3.06. The first-order chi connectivity index (χ1) is 14.0. The number of amides is 1. The Morgan fingerprint density at radius 3 is 2.59 bits per heavy atom. The van der Waals surface area contributed by atoms with E-state index in [1.54, 1.807) is 12.1 Å². The fourth-order valence-electron chi connectivity index (χ4n) is 2.87. The summed E-state index contributed by atoms with van der Waals surface area (Å²) in [5.74, 6) is -1.27. The van der Waals surface area contributed by atoms with Crippen LogP contribution >= 0.6 is 11.3 Å². The van der Waals surface area contributed by atoms with Gasteiger partial charge in [-0.1, -0.05) is 42.5 Å². The van der Waals surface area contributed by atoms with Crippen molar-refractivity contribution >= 4 is 23.2 Å². The van der Waals surface area contributed by atoms with E-state index in [1.807, 2.05) is 44.2 Å². The zero-order valence-corrected chi connectivity index (χ0v) is 17.0. The molecule has 29 heavy (non-hydrogen) atoms. The van der Waals surface area contributed by atoms with Crippen LogP contribution in [0.25, 0.3) is 11.3 Å². The molecule has 2 aromatic carbocycles. The average molecular weight is 412 g/mol. The van der Waals surface area contributed by atoms with Crippen LogP contribution in [0.2, 0.25) is 0 Å². The molecule has 7 heteroatoms. The van der Waals surface area contributed by atoms with Gasteiger partial charge in [0, 0.05) is 18.7 Å². The number of benzene rings is 2. The third kappa shape index (κ3) is 5.26. The molecule has 1 aromatic heterocycles. The number of esters is 1. The smallest absolute Gasteiger partial charge is 0.351 e. The van der Waals surface area contributed by atoms with Crippen molar-refractivity contribution in [3.63, 3.8) is 0 Å². The van der Waals surface area contributed by atoms with Gasteiger partial charge in [0.05, 0.1) is 10.7 Å². The number of carbonyl (C=O) groups is 2. The summed E-state index contributed by atoms with van der Waals surface area (Å²) in [6.45, 7) is 3.92. The highest BCUT2D eigenvalue weighted by Gasteiger charge is 2.21. The molecule has 0 saturated carbocycles. The SMILES string of the molecule is CCN(Cc1cccc(F)c1)C(=O)COC(=O)c1sc(C)nc1-c1ccccc1. The number of rotatable bonds is 7. The monoisotopic (exact) mass is 412 g/mol. The van der Waals surface area contributed by atoms with Crippen molar-refractivity contribution in [2.45, 2.75) is 20.4 Å². The van der Waals surface area contributed by atoms with Gasteiger partial charge < -0.3 is 9.64 Å². The molecule has 0 spiro atoms. The highest BCUT2D eigenvalue weighted by molar-refractivity contribution is 7.14. The summed E-state index contributed by atoms with van der Waals surface area (Å²) < 4.78 is 18.6. The number of aryl methyl sites for hydroxylation is 1. The minimum absolute atomic E-state index is 0.250. The standard InChI is InChI=1S/C22H21FN2O3S/c1-3-25(13-16-8-7-11-18(23)12-16)19(26)14-28-22(27)21-20(24-15(2)29-21)17-9-5-4-6-10-17/h4-12H,3,13-14H2,1-2H3. The molecule has 0 fully saturated rings. The van der Waals surface area contributed by atoms with Crippen LogP contribution < -0.4 is 0 Å². The van der Waals surface area contributed by atoms with Crippen LogP contribution in [0.3, 0.4) is 0 Å². The van der Waals surface area contributed by atoms with Gasteiger partial charge in [0.15, 0.2) is 6.61 Å². The number of nitrogens with zero attached hydrogens (tertiary/aromatic N) is 2. The molecule has 0 aliphatic heterocycles. The van der Waals surface area contributed by atoms with Crippen molar-refractivity contribution in [1.29, 1.82) is 0 Å². The van der Waals surface area contributed by atoms with E-state index in [1.165, 1.54) is 28.4 Å². The van der Waals surface area contributed by atoms with Crippen LogP contribution in [0.1, 0.15) is 27.2 Å². The van der Waals surface area contributed by atoms with E-state index in [0.717, 1.165) is 10.6 Å². The second-order valence-corrected chi connectivity index (χ2v) is 7.59. The first-order valence-electron chi connectivity index (χ1n) is 9.20. The molecule has 0 bridgehead atoms. The van der Waals surface area contributed by atoms with Crippen molar-refractivity contribution < 1.29 is 18.7 Å². The van der Waals surface area contributed by atoms with Gasteiger partial charge in [0.2, 0.25) is 0 Å². The molecule has 0 saturated heterocycles. The second-order valence-electron chi connectivity index (χ2n) is 6.39. The van der Waals surface area contributed by atoms with Gasteiger partial charge >= 0.3 is 5.97 Å². The Kier molecular flexibility index (Phi) is 6.72.